The van der Waals surface area contributed by atoms with Crippen LogP contribution in [-0.2, 0) is 0 Å². The first-order chi connectivity index (χ1) is 8.21. The van der Waals surface area contributed by atoms with Crippen LogP contribution in [0.15, 0.2) is 27.6 Å². The third-order valence-corrected chi connectivity index (χ3v) is 4.59. The fourth-order valence-electron chi connectivity index (χ4n) is 1.51. The molecule has 2 nitrogen and oxygen atoms in total. The second kappa shape index (κ2) is 7.75. The summed E-state index contributed by atoms with van der Waals surface area (Å²) in [5.74, 6) is 1.08. The summed E-state index contributed by atoms with van der Waals surface area (Å²) in [6, 6.07) is 7.89. The molecule has 0 spiro atoms. The second-order valence-corrected chi connectivity index (χ2v) is 5.62. The van der Waals surface area contributed by atoms with Crippen LogP contribution in [0.2, 0.25) is 0 Å². The van der Waals surface area contributed by atoms with Gasteiger partial charge in [0, 0.05) is 21.7 Å². The molecule has 4 heteroatoms. The summed E-state index contributed by atoms with van der Waals surface area (Å²) in [5.41, 5.74) is 0.699. The third kappa shape index (κ3) is 4.71. The van der Waals surface area contributed by atoms with E-state index in [0.717, 1.165) is 29.9 Å². The van der Waals surface area contributed by atoms with Gasteiger partial charge in [0.25, 0.3) is 0 Å². The summed E-state index contributed by atoms with van der Waals surface area (Å²) in [6.07, 6.45) is 0. The van der Waals surface area contributed by atoms with Crippen LogP contribution in [0, 0.1) is 11.3 Å². The van der Waals surface area contributed by atoms with Gasteiger partial charge >= 0.3 is 0 Å². The monoisotopic (exact) mass is 312 g/mol. The van der Waals surface area contributed by atoms with Gasteiger partial charge in [0.1, 0.15) is 0 Å². The molecule has 0 N–H and O–H groups in total. The topological polar surface area (TPSA) is 27.0 Å². The smallest absolute Gasteiger partial charge is 0.0992 e. The van der Waals surface area contributed by atoms with Crippen LogP contribution in [0.5, 0.6) is 0 Å². The molecule has 1 aromatic rings. The molecule has 0 aliphatic carbocycles. The minimum absolute atomic E-state index is 0.699. The minimum atomic E-state index is 0.699. The van der Waals surface area contributed by atoms with Crippen molar-refractivity contribution in [3.8, 4) is 6.07 Å². The van der Waals surface area contributed by atoms with Gasteiger partial charge in [0.05, 0.1) is 11.6 Å². The van der Waals surface area contributed by atoms with Gasteiger partial charge in [-0.1, -0.05) is 13.8 Å². The number of hydrogen-bond donors (Lipinski definition) is 0. The molecule has 17 heavy (non-hydrogen) atoms. The Morgan fingerprint density at radius 2 is 2.06 bits per heavy atom. The van der Waals surface area contributed by atoms with Gasteiger partial charge in [-0.25, -0.2) is 0 Å². The molecule has 0 fully saturated rings. The molecule has 1 rings (SSSR count). The van der Waals surface area contributed by atoms with Crippen LogP contribution in [-0.4, -0.2) is 30.3 Å². The van der Waals surface area contributed by atoms with E-state index in [1.807, 2.05) is 30.0 Å². The molecule has 92 valence electrons. The summed E-state index contributed by atoms with van der Waals surface area (Å²) in [6.45, 7) is 7.68. The Morgan fingerprint density at radius 3 is 2.59 bits per heavy atom. The number of hydrogen-bond acceptors (Lipinski definition) is 3. The Labute approximate surface area is 116 Å². The van der Waals surface area contributed by atoms with Gasteiger partial charge in [-0.2, -0.15) is 5.26 Å². The minimum Gasteiger partial charge on any atom is -0.303 e. The lowest BCUT2D eigenvalue weighted by molar-refractivity contribution is 0.324. The first-order valence-corrected chi connectivity index (χ1v) is 7.53. The van der Waals surface area contributed by atoms with Crippen LogP contribution in [0.1, 0.15) is 19.4 Å². The average Bonchev–Trinajstić information content (AvgIpc) is 2.36. The van der Waals surface area contributed by atoms with E-state index in [9.17, 15) is 0 Å². The number of nitriles is 1. The largest absolute Gasteiger partial charge is 0.303 e. The van der Waals surface area contributed by atoms with Crippen molar-refractivity contribution < 1.29 is 0 Å². The van der Waals surface area contributed by atoms with Gasteiger partial charge in [0.15, 0.2) is 0 Å². The fraction of sp³-hybridized carbons (Fsp3) is 0.462. The molecule has 0 saturated carbocycles. The number of halogens is 1. The second-order valence-electron chi connectivity index (χ2n) is 3.63. The molecule has 0 atom stereocenters. The summed E-state index contributed by atoms with van der Waals surface area (Å²) < 4.78 is 1.01. The van der Waals surface area contributed by atoms with Crippen molar-refractivity contribution in [3.63, 3.8) is 0 Å². The third-order valence-electron chi connectivity index (χ3n) is 2.62. The van der Waals surface area contributed by atoms with E-state index in [2.05, 4.69) is 40.7 Å². The summed E-state index contributed by atoms with van der Waals surface area (Å²) >= 11 is 5.33. The number of nitrogens with zero attached hydrogens (tertiary/aromatic N) is 2. The molecule has 0 radical (unpaired) electrons. The van der Waals surface area contributed by atoms with Crippen LogP contribution >= 0.6 is 27.7 Å². The van der Waals surface area contributed by atoms with Gasteiger partial charge < -0.3 is 4.90 Å². The van der Waals surface area contributed by atoms with Crippen molar-refractivity contribution in [2.24, 2.45) is 0 Å². The van der Waals surface area contributed by atoms with Crippen LogP contribution < -0.4 is 0 Å². The lowest BCUT2D eigenvalue weighted by Gasteiger charge is -2.17. The molecular formula is C13H17BrN2S. The molecular weight excluding hydrogens is 296 g/mol. The highest BCUT2D eigenvalue weighted by atomic mass is 79.9. The Hall–Kier alpha value is -0.500. The van der Waals surface area contributed by atoms with Crippen molar-refractivity contribution in [1.82, 2.24) is 4.90 Å². The van der Waals surface area contributed by atoms with Crippen molar-refractivity contribution in [2.45, 2.75) is 18.7 Å². The summed E-state index contributed by atoms with van der Waals surface area (Å²) in [7, 11) is 0. The van der Waals surface area contributed by atoms with E-state index < -0.39 is 0 Å². The first kappa shape index (κ1) is 14.6. The maximum absolute atomic E-state index is 8.78. The highest BCUT2D eigenvalue weighted by molar-refractivity contribution is 9.10. The SMILES string of the molecule is CCN(CC)CCSc1ccc(C#N)cc1Br. The Kier molecular flexibility index (Phi) is 6.64. The molecule has 0 unspecified atom stereocenters. The highest BCUT2D eigenvalue weighted by Crippen LogP contribution is 2.28. The summed E-state index contributed by atoms with van der Waals surface area (Å²) in [5, 5.41) is 8.78. The van der Waals surface area contributed by atoms with Crippen molar-refractivity contribution in [2.75, 3.05) is 25.4 Å². The number of benzene rings is 1. The predicted octanol–water partition coefficient (Wildman–Crippen LogP) is 3.75. The molecule has 0 heterocycles. The molecule has 0 aliphatic heterocycles. The molecule has 0 aromatic heterocycles. The normalized spacial score (nSPS) is 10.5. The summed E-state index contributed by atoms with van der Waals surface area (Å²) in [4.78, 5) is 3.61. The standard InChI is InChI=1S/C13H17BrN2S/c1-3-16(4-2)7-8-17-13-6-5-11(10-15)9-12(13)14/h5-6,9H,3-4,7-8H2,1-2H3. The quantitative estimate of drug-likeness (QED) is 0.748. The van der Waals surface area contributed by atoms with Gasteiger partial charge in [-0.3, -0.25) is 0 Å². The zero-order valence-electron chi connectivity index (χ0n) is 10.2. The van der Waals surface area contributed by atoms with Crippen molar-refractivity contribution >= 4 is 27.7 Å². The Balaban J connectivity index is 2.50. The van der Waals surface area contributed by atoms with Crippen LogP contribution in [0.3, 0.4) is 0 Å². The molecule has 0 bridgehead atoms. The highest BCUT2D eigenvalue weighted by Gasteiger charge is 2.04. The van der Waals surface area contributed by atoms with Crippen molar-refractivity contribution in [3.05, 3.63) is 28.2 Å². The zero-order chi connectivity index (χ0) is 12.7. The van der Waals surface area contributed by atoms with Crippen molar-refractivity contribution in [1.29, 1.82) is 5.26 Å². The van der Waals surface area contributed by atoms with E-state index in [0.29, 0.717) is 5.56 Å². The molecule has 0 amide bonds. The van der Waals surface area contributed by atoms with E-state index >= 15 is 0 Å². The lowest BCUT2D eigenvalue weighted by Crippen LogP contribution is -2.25. The number of rotatable bonds is 6. The van der Waals surface area contributed by atoms with Gasteiger partial charge in [-0.15, -0.1) is 11.8 Å². The molecule has 0 saturated heterocycles. The predicted molar refractivity (Wildman–Crippen MR) is 77.4 cm³/mol. The van der Waals surface area contributed by atoms with Gasteiger partial charge in [0.2, 0.25) is 0 Å². The average molecular weight is 313 g/mol. The molecule has 0 aliphatic rings. The lowest BCUT2D eigenvalue weighted by atomic mass is 10.2. The Bertz CT molecular complexity index is 397. The fourth-order valence-corrected chi connectivity index (χ4v) is 3.16. The van der Waals surface area contributed by atoms with Crippen LogP contribution in [0.4, 0.5) is 0 Å². The van der Waals surface area contributed by atoms with Gasteiger partial charge in [-0.05, 0) is 47.2 Å². The van der Waals surface area contributed by atoms with Crippen LogP contribution in [0.25, 0.3) is 0 Å². The zero-order valence-corrected chi connectivity index (χ0v) is 12.6. The van der Waals surface area contributed by atoms with E-state index in [4.69, 9.17) is 5.26 Å². The van der Waals surface area contributed by atoms with E-state index in [-0.39, 0.29) is 0 Å². The maximum Gasteiger partial charge on any atom is 0.0992 e. The van der Waals surface area contributed by atoms with E-state index in [1.54, 1.807) is 0 Å². The van der Waals surface area contributed by atoms with E-state index in [1.165, 1.54) is 4.90 Å². The number of thioether (sulfide) groups is 1. The molecule has 1 aromatic carbocycles. The first-order valence-electron chi connectivity index (χ1n) is 5.76. The Morgan fingerprint density at radius 1 is 1.35 bits per heavy atom. The maximum atomic E-state index is 8.78.